The first kappa shape index (κ1) is 26.8. The summed E-state index contributed by atoms with van der Waals surface area (Å²) < 4.78 is 42.1. The Morgan fingerprint density at radius 2 is 1.87 bits per heavy atom. The van der Waals surface area contributed by atoms with Gasteiger partial charge in [-0.25, -0.2) is 4.68 Å². The molecule has 0 saturated heterocycles. The van der Waals surface area contributed by atoms with Crippen molar-refractivity contribution in [2.45, 2.75) is 51.4 Å². The first-order valence-corrected chi connectivity index (χ1v) is 12.9. The van der Waals surface area contributed by atoms with E-state index in [9.17, 15) is 18.4 Å². The van der Waals surface area contributed by atoms with Crippen LogP contribution in [0.5, 0.6) is 0 Å². The van der Waals surface area contributed by atoms with E-state index in [0.717, 1.165) is 10.2 Å². The Labute approximate surface area is 229 Å². The number of anilines is 2. The highest BCUT2D eigenvalue weighted by Crippen LogP contribution is 2.55. The van der Waals surface area contributed by atoms with Gasteiger partial charge in [-0.1, -0.05) is 67.9 Å². The van der Waals surface area contributed by atoms with E-state index in [1.165, 1.54) is 12.4 Å². The predicted octanol–water partition coefficient (Wildman–Crippen LogP) is 7.06. The number of alkyl halides is 3. The summed E-state index contributed by atoms with van der Waals surface area (Å²) in [5.74, 6) is 0. The molecule has 1 atom stereocenters. The maximum Gasteiger partial charge on any atom is 0.413 e. The summed E-state index contributed by atoms with van der Waals surface area (Å²) in [6.07, 6.45) is -1.62. The first-order valence-electron chi connectivity index (χ1n) is 12.5. The third-order valence-electron chi connectivity index (χ3n) is 6.78. The molecule has 11 heteroatoms. The van der Waals surface area contributed by atoms with Gasteiger partial charge in [0.2, 0.25) is 0 Å². The Balaban J connectivity index is 1.57. The number of pyridine rings is 1. The lowest BCUT2D eigenvalue weighted by Gasteiger charge is -2.22. The highest BCUT2D eigenvalue weighted by atomic mass is 35.5. The van der Waals surface area contributed by atoms with Crippen molar-refractivity contribution in [2.24, 2.45) is 5.41 Å². The van der Waals surface area contributed by atoms with Crippen LogP contribution in [0.25, 0.3) is 10.9 Å². The highest BCUT2D eigenvalue weighted by molar-refractivity contribution is 6.35. The molecule has 1 aliphatic rings. The molecule has 1 aliphatic carbocycles. The van der Waals surface area contributed by atoms with E-state index in [1.54, 1.807) is 6.07 Å². The SMILES string of the molecule is CC(C)(C)CNc1c(C#N)cnc2c(Cl)cc(NC(c3ccccc3)c3cn(C4(C(F)(F)F)CC4)nn3)cc12. The molecule has 7 nitrogen and oxygen atoms in total. The van der Waals surface area contributed by atoms with Gasteiger partial charge in [0.05, 0.1) is 34.0 Å². The summed E-state index contributed by atoms with van der Waals surface area (Å²) in [6, 6.07) is 14.4. The zero-order valence-corrected chi connectivity index (χ0v) is 22.4. The maximum atomic E-state index is 13.7. The van der Waals surface area contributed by atoms with Crippen molar-refractivity contribution >= 4 is 33.9 Å². The summed E-state index contributed by atoms with van der Waals surface area (Å²) in [6.45, 7) is 6.85. The van der Waals surface area contributed by atoms with E-state index < -0.39 is 17.8 Å². The lowest BCUT2D eigenvalue weighted by molar-refractivity contribution is -0.182. The molecule has 0 bridgehead atoms. The molecule has 4 aromatic rings. The van der Waals surface area contributed by atoms with Crippen molar-refractivity contribution < 1.29 is 13.2 Å². The van der Waals surface area contributed by atoms with E-state index in [-0.39, 0.29) is 18.3 Å². The molecule has 1 fully saturated rings. The Morgan fingerprint density at radius 1 is 1.15 bits per heavy atom. The molecule has 2 aromatic carbocycles. The molecule has 0 aliphatic heterocycles. The highest BCUT2D eigenvalue weighted by Gasteiger charge is 2.66. The van der Waals surface area contributed by atoms with Crippen molar-refractivity contribution in [3.63, 3.8) is 0 Å². The topological polar surface area (TPSA) is 91.5 Å². The Kier molecular flexibility index (Phi) is 6.67. The maximum absolute atomic E-state index is 13.7. The fourth-order valence-corrected chi connectivity index (χ4v) is 4.76. The summed E-state index contributed by atoms with van der Waals surface area (Å²) in [5, 5.41) is 25.5. The van der Waals surface area contributed by atoms with E-state index in [0.29, 0.717) is 45.1 Å². The molecule has 1 saturated carbocycles. The van der Waals surface area contributed by atoms with Gasteiger partial charge in [-0.3, -0.25) is 4.98 Å². The van der Waals surface area contributed by atoms with Gasteiger partial charge < -0.3 is 10.6 Å². The molecule has 39 heavy (non-hydrogen) atoms. The molecule has 2 N–H and O–H groups in total. The van der Waals surface area contributed by atoms with Crippen molar-refractivity contribution in [2.75, 3.05) is 17.2 Å². The minimum Gasteiger partial charge on any atom is -0.383 e. The zero-order chi connectivity index (χ0) is 28.0. The average Bonchev–Trinajstić information content (AvgIpc) is 3.57. The van der Waals surface area contributed by atoms with Crippen LogP contribution in [0.4, 0.5) is 24.5 Å². The molecule has 0 spiro atoms. The number of nitrogens with one attached hydrogen (secondary N) is 2. The third-order valence-corrected chi connectivity index (χ3v) is 7.07. The Morgan fingerprint density at radius 3 is 2.49 bits per heavy atom. The molecule has 0 amide bonds. The number of aromatic nitrogens is 4. The molecule has 202 valence electrons. The lowest BCUT2D eigenvalue weighted by atomic mass is 9.96. The molecular formula is C28H27ClF3N7. The summed E-state index contributed by atoms with van der Waals surface area (Å²) in [7, 11) is 0. The van der Waals surface area contributed by atoms with E-state index >= 15 is 0 Å². The van der Waals surface area contributed by atoms with Crippen LogP contribution in [0.1, 0.15) is 56.5 Å². The summed E-state index contributed by atoms with van der Waals surface area (Å²) >= 11 is 6.65. The van der Waals surface area contributed by atoms with Gasteiger partial charge in [0.1, 0.15) is 11.8 Å². The fraction of sp³-hybridized carbons (Fsp3) is 0.357. The van der Waals surface area contributed by atoms with Gasteiger partial charge in [-0.05, 0) is 36.0 Å². The van der Waals surface area contributed by atoms with Crippen molar-refractivity contribution in [3.8, 4) is 6.07 Å². The van der Waals surface area contributed by atoms with Crippen LogP contribution in [-0.4, -0.2) is 32.7 Å². The standard InChI is InChI=1S/C28H27ClF3N7/c1-26(2,3)16-35-23-18(13-33)14-34-25-20(23)11-19(12-21(25)29)36-24(17-7-5-4-6-8-17)22-15-39(38-37-22)27(9-10-27)28(30,31)32/h4-8,11-12,14-15,24,36H,9-10,16H2,1-3H3,(H,34,35). The van der Waals surface area contributed by atoms with Crippen molar-refractivity contribution in [1.29, 1.82) is 5.26 Å². The Hall–Kier alpha value is -3.84. The number of nitrogens with zero attached hydrogens (tertiary/aromatic N) is 5. The second-order valence-electron chi connectivity index (χ2n) is 11.0. The number of fused-ring (bicyclic) bond motifs is 1. The monoisotopic (exact) mass is 553 g/mol. The van der Waals surface area contributed by atoms with Crippen LogP contribution in [0.15, 0.2) is 54.9 Å². The van der Waals surface area contributed by atoms with Crippen LogP contribution in [0.2, 0.25) is 5.02 Å². The molecule has 5 rings (SSSR count). The second-order valence-corrected chi connectivity index (χ2v) is 11.4. The minimum atomic E-state index is -4.42. The molecule has 0 radical (unpaired) electrons. The first-order chi connectivity index (χ1) is 18.4. The number of halogens is 4. The third kappa shape index (κ3) is 5.23. The summed E-state index contributed by atoms with van der Waals surface area (Å²) in [5.41, 5.74) is 1.18. The number of hydrogen-bond acceptors (Lipinski definition) is 6. The Bertz CT molecular complexity index is 1550. The number of benzene rings is 2. The summed E-state index contributed by atoms with van der Waals surface area (Å²) in [4.78, 5) is 4.40. The van der Waals surface area contributed by atoms with Gasteiger partial charge >= 0.3 is 6.18 Å². The minimum absolute atomic E-state index is 0.0262. The van der Waals surface area contributed by atoms with Gasteiger partial charge in [0.25, 0.3) is 0 Å². The zero-order valence-electron chi connectivity index (χ0n) is 21.6. The van der Waals surface area contributed by atoms with Gasteiger partial charge in [-0.15, -0.1) is 5.10 Å². The molecular weight excluding hydrogens is 527 g/mol. The lowest BCUT2D eigenvalue weighted by Crippen LogP contribution is -2.35. The smallest absolute Gasteiger partial charge is 0.383 e. The van der Waals surface area contributed by atoms with Crippen LogP contribution in [0, 0.1) is 16.7 Å². The number of hydrogen-bond donors (Lipinski definition) is 2. The normalized spacial score (nSPS) is 15.5. The van der Waals surface area contributed by atoms with Gasteiger partial charge in [0.15, 0.2) is 5.54 Å². The van der Waals surface area contributed by atoms with E-state index in [2.05, 4.69) is 52.8 Å². The van der Waals surface area contributed by atoms with Crippen molar-refractivity contribution in [3.05, 3.63) is 76.7 Å². The van der Waals surface area contributed by atoms with Crippen LogP contribution in [-0.2, 0) is 5.54 Å². The van der Waals surface area contributed by atoms with E-state index in [1.807, 2.05) is 36.4 Å². The molecule has 1 unspecified atom stereocenters. The van der Waals surface area contributed by atoms with Gasteiger partial charge in [-0.2, -0.15) is 18.4 Å². The molecule has 2 aromatic heterocycles. The van der Waals surface area contributed by atoms with E-state index in [4.69, 9.17) is 11.6 Å². The second kappa shape index (κ2) is 9.72. The number of nitriles is 1. The van der Waals surface area contributed by atoms with Crippen LogP contribution in [0.3, 0.4) is 0 Å². The average molecular weight is 554 g/mol. The number of rotatable bonds is 7. The van der Waals surface area contributed by atoms with Crippen LogP contribution >= 0.6 is 11.6 Å². The predicted molar refractivity (Wildman–Crippen MR) is 145 cm³/mol. The van der Waals surface area contributed by atoms with Crippen molar-refractivity contribution in [1.82, 2.24) is 20.0 Å². The molecule has 2 heterocycles. The van der Waals surface area contributed by atoms with Crippen LogP contribution < -0.4 is 10.6 Å². The quantitative estimate of drug-likeness (QED) is 0.254. The largest absolute Gasteiger partial charge is 0.413 e. The fourth-order valence-electron chi connectivity index (χ4n) is 4.49. The van der Waals surface area contributed by atoms with Gasteiger partial charge in [0, 0.05) is 23.8 Å².